The average molecular weight is 330 g/mol. The van der Waals surface area contributed by atoms with Crippen LogP contribution in [0.3, 0.4) is 0 Å². The van der Waals surface area contributed by atoms with Crippen molar-refractivity contribution in [2.45, 2.75) is 25.8 Å². The second-order valence-corrected chi connectivity index (χ2v) is 6.11. The van der Waals surface area contributed by atoms with Gasteiger partial charge in [0.1, 0.15) is 5.78 Å². The van der Waals surface area contributed by atoms with E-state index >= 15 is 0 Å². The van der Waals surface area contributed by atoms with Crippen LogP contribution in [0, 0.1) is 0 Å². The fourth-order valence-corrected chi connectivity index (χ4v) is 2.69. The summed E-state index contributed by atoms with van der Waals surface area (Å²) in [6.07, 6.45) is 5.36. The number of benzene rings is 2. The second kappa shape index (κ2) is 8.78. The van der Waals surface area contributed by atoms with Crippen molar-refractivity contribution in [2.75, 3.05) is 5.32 Å². The van der Waals surface area contributed by atoms with E-state index in [1.807, 2.05) is 60.8 Å². The van der Waals surface area contributed by atoms with E-state index in [0.717, 1.165) is 29.8 Å². The predicted octanol–water partition coefficient (Wildman–Crippen LogP) is 4.44. The van der Waals surface area contributed by atoms with Gasteiger partial charge in [-0.05, 0) is 41.3 Å². The molecule has 0 radical (unpaired) electrons. The smallest absolute Gasteiger partial charge is 0.137 e. The van der Waals surface area contributed by atoms with Crippen LogP contribution in [0.15, 0.2) is 79.1 Å². The van der Waals surface area contributed by atoms with Gasteiger partial charge in [-0.15, -0.1) is 0 Å². The molecule has 0 bridgehead atoms. The van der Waals surface area contributed by atoms with E-state index in [9.17, 15) is 4.79 Å². The van der Waals surface area contributed by atoms with Crippen molar-refractivity contribution in [3.63, 3.8) is 0 Å². The van der Waals surface area contributed by atoms with Crippen LogP contribution in [0.1, 0.15) is 23.1 Å². The molecule has 1 N–H and O–H groups in total. The number of hydrogen-bond donors (Lipinski definition) is 1. The summed E-state index contributed by atoms with van der Waals surface area (Å²) >= 11 is 0. The van der Waals surface area contributed by atoms with Gasteiger partial charge in [-0.2, -0.15) is 0 Å². The van der Waals surface area contributed by atoms with Crippen LogP contribution < -0.4 is 5.32 Å². The van der Waals surface area contributed by atoms with E-state index in [1.165, 1.54) is 5.56 Å². The van der Waals surface area contributed by atoms with Gasteiger partial charge in [0.25, 0.3) is 0 Å². The van der Waals surface area contributed by atoms with Gasteiger partial charge < -0.3 is 5.32 Å². The zero-order valence-electron chi connectivity index (χ0n) is 14.2. The standard InChI is InChI=1S/C22H22N2O/c25-22(13-10-20-7-4-14-23-16-20)15-18-8-11-21(12-9-18)24-17-19-5-2-1-3-6-19/h1-9,11-12,14,16,24H,10,13,15,17H2. The maximum atomic E-state index is 12.1. The molecule has 2 aromatic carbocycles. The summed E-state index contributed by atoms with van der Waals surface area (Å²) < 4.78 is 0. The number of hydrogen-bond acceptors (Lipinski definition) is 3. The third kappa shape index (κ3) is 5.57. The highest BCUT2D eigenvalue weighted by molar-refractivity contribution is 5.81. The number of Topliss-reactive ketones (excluding diaryl/α,β-unsaturated/α-hetero) is 1. The highest BCUT2D eigenvalue weighted by Gasteiger charge is 2.05. The molecule has 3 aromatic rings. The molecule has 0 fully saturated rings. The van der Waals surface area contributed by atoms with Gasteiger partial charge >= 0.3 is 0 Å². The van der Waals surface area contributed by atoms with Crippen molar-refractivity contribution < 1.29 is 4.79 Å². The lowest BCUT2D eigenvalue weighted by molar-refractivity contribution is -0.118. The zero-order valence-corrected chi connectivity index (χ0v) is 14.2. The van der Waals surface area contributed by atoms with E-state index in [2.05, 4.69) is 22.4 Å². The molecule has 1 heterocycles. The molecule has 126 valence electrons. The molecule has 0 aliphatic rings. The lowest BCUT2D eigenvalue weighted by Gasteiger charge is -2.08. The molecule has 0 aliphatic heterocycles. The van der Waals surface area contributed by atoms with E-state index in [0.29, 0.717) is 12.8 Å². The van der Waals surface area contributed by atoms with Crippen molar-refractivity contribution in [3.8, 4) is 0 Å². The fourth-order valence-electron chi connectivity index (χ4n) is 2.69. The Morgan fingerprint density at radius 3 is 2.32 bits per heavy atom. The molecule has 1 aromatic heterocycles. The van der Waals surface area contributed by atoms with E-state index in [4.69, 9.17) is 0 Å². The number of rotatable bonds is 8. The average Bonchev–Trinajstić information content (AvgIpc) is 2.67. The minimum atomic E-state index is 0.258. The van der Waals surface area contributed by atoms with Crippen LogP contribution in [0.5, 0.6) is 0 Å². The number of ketones is 1. The molecule has 0 unspecified atom stereocenters. The molecule has 0 aliphatic carbocycles. The summed E-state index contributed by atoms with van der Waals surface area (Å²) in [4.78, 5) is 16.2. The first-order valence-corrected chi connectivity index (χ1v) is 8.57. The highest BCUT2D eigenvalue weighted by atomic mass is 16.1. The summed E-state index contributed by atoms with van der Waals surface area (Å²) in [6, 6.07) is 22.3. The van der Waals surface area contributed by atoms with Gasteiger partial charge in [-0.1, -0.05) is 48.5 Å². The van der Waals surface area contributed by atoms with Gasteiger partial charge in [0.05, 0.1) is 0 Å². The lowest BCUT2D eigenvalue weighted by atomic mass is 10.0. The Labute approximate surface area is 148 Å². The largest absolute Gasteiger partial charge is 0.381 e. The number of aryl methyl sites for hydroxylation is 1. The summed E-state index contributed by atoms with van der Waals surface area (Å²) in [6.45, 7) is 0.796. The van der Waals surface area contributed by atoms with Crippen LogP contribution in [0.25, 0.3) is 0 Å². The molecular weight excluding hydrogens is 308 g/mol. The van der Waals surface area contributed by atoms with Gasteiger partial charge in [-0.3, -0.25) is 9.78 Å². The minimum absolute atomic E-state index is 0.258. The van der Waals surface area contributed by atoms with Gasteiger partial charge in [0, 0.05) is 37.5 Å². The maximum absolute atomic E-state index is 12.1. The van der Waals surface area contributed by atoms with E-state index in [1.54, 1.807) is 6.20 Å². The fraction of sp³-hybridized carbons (Fsp3) is 0.182. The molecule has 0 saturated heterocycles. The molecule has 3 rings (SSSR count). The number of carbonyl (C=O) groups is 1. The van der Waals surface area contributed by atoms with Crippen molar-refractivity contribution in [1.82, 2.24) is 4.98 Å². The monoisotopic (exact) mass is 330 g/mol. The first-order chi connectivity index (χ1) is 12.3. The Bertz CT molecular complexity index is 783. The third-order valence-electron chi connectivity index (χ3n) is 4.11. The van der Waals surface area contributed by atoms with Crippen molar-refractivity contribution in [2.24, 2.45) is 0 Å². The Balaban J connectivity index is 1.46. The van der Waals surface area contributed by atoms with Gasteiger partial charge in [-0.25, -0.2) is 0 Å². The lowest BCUT2D eigenvalue weighted by Crippen LogP contribution is -2.05. The SMILES string of the molecule is O=C(CCc1cccnc1)Cc1ccc(NCc2ccccc2)cc1. The van der Waals surface area contributed by atoms with Gasteiger partial charge in [0.2, 0.25) is 0 Å². The van der Waals surface area contributed by atoms with Crippen LogP contribution in [-0.4, -0.2) is 10.8 Å². The minimum Gasteiger partial charge on any atom is -0.381 e. The van der Waals surface area contributed by atoms with Crippen molar-refractivity contribution in [3.05, 3.63) is 95.8 Å². The summed E-state index contributed by atoms with van der Waals surface area (Å²) in [7, 11) is 0. The molecule has 0 saturated carbocycles. The molecule has 0 amide bonds. The predicted molar refractivity (Wildman–Crippen MR) is 101 cm³/mol. The molecule has 3 heteroatoms. The zero-order chi connectivity index (χ0) is 17.3. The molecular formula is C22H22N2O. The Kier molecular flexibility index (Phi) is 5.94. The first-order valence-electron chi connectivity index (χ1n) is 8.57. The topological polar surface area (TPSA) is 42.0 Å². The number of anilines is 1. The van der Waals surface area contributed by atoms with Crippen molar-refractivity contribution in [1.29, 1.82) is 0 Å². The van der Waals surface area contributed by atoms with Crippen molar-refractivity contribution >= 4 is 11.5 Å². The van der Waals surface area contributed by atoms with Crippen LogP contribution in [-0.2, 0) is 24.2 Å². The number of nitrogens with zero attached hydrogens (tertiary/aromatic N) is 1. The van der Waals surface area contributed by atoms with E-state index < -0.39 is 0 Å². The number of nitrogens with one attached hydrogen (secondary N) is 1. The van der Waals surface area contributed by atoms with Gasteiger partial charge in [0.15, 0.2) is 0 Å². The van der Waals surface area contributed by atoms with Crippen LogP contribution in [0.2, 0.25) is 0 Å². The quantitative estimate of drug-likeness (QED) is 0.664. The molecule has 0 spiro atoms. The number of pyridine rings is 1. The molecule has 25 heavy (non-hydrogen) atoms. The third-order valence-corrected chi connectivity index (χ3v) is 4.11. The molecule has 0 atom stereocenters. The summed E-state index contributed by atoms with van der Waals surface area (Å²) in [5.74, 6) is 0.258. The normalized spacial score (nSPS) is 10.4. The number of aromatic nitrogens is 1. The molecule has 3 nitrogen and oxygen atoms in total. The second-order valence-electron chi connectivity index (χ2n) is 6.11. The first kappa shape index (κ1) is 16.9. The Morgan fingerprint density at radius 1 is 0.840 bits per heavy atom. The van der Waals surface area contributed by atoms with Crippen LogP contribution in [0.4, 0.5) is 5.69 Å². The Hall–Kier alpha value is -2.94. The highest BCUT2D eigenvalue weighted by Crippen LogP contribution is 2.13. The maximum Gasteiger partial charge on any atom is 0.137 e. The van der Waals surface area contributed by atoms with E-state index in [-0.39, 0.29) is 5.78 Å². The summed E-state index contributed by atoms with van der Waals surface area (Å²) in [5.41, 5.74) is 4.48. The Morgan fingerprint density at radius 2 is 1.60 bits per heavy atom. The number of carbonyl (C=O) groups excluding carboxylic acids is 1. The summed E-state index contributed by atoms with van der Waals surface area (Å²) in [5, 5.41) is 3.40. The van der Waals surface area contributed by atoms with Crippen LogP contribution >= 0.6 is 0 Å².